The third-order valence-electron chi connectivity index (χ3n) is 5.34. The molecule has 0 amide bonds. The fourth-order valence-electron chi connectivity index (χ4n) is 4.58. The van der Waals surface area contributed by atoms with Crippen LogP contribution in [0.3, 0.4) is 0 Å². The molecule has 4 aliphatic rings. The fourth-order valence-corrected chi connectivity index (χ4v) is 4.58. The minimum atomic E-state index is -0.901. The molecule has 2 bridgehead atoms. The minimum absolute atomic E-state index is 0.00384. The average molecular weight is 272 g/mol. The molecule has 19 heavy (non-hydrogen) atoms. The lowest BCUT2D eigenvalue weighted by Crippen LogP contribution is -2.58. The van der Waals surface area contributed by atoms with Gasteiger partial charge in [0.05, 0.1) is 32.0 Å². The fraction of sp³-hybridized carbons (Fsp3) is 1.00. The van der Waals surface area contributed by atoms with Gasteiger partial charge < -0.3 is 29.2 Å². The number of fused-ring (bicyclic) bond motifs is 6. The maximum absolute atomic E-state index is 10.4. The zero-order valence-electron chi connectivity index (χ0n) is 10.9. The van der Waals surface area contributed by atoms with Crippen LogP contribution in [-0.4, -0.2) is 60.9 Å². The van der Waals surface area contributed by atoms with E-state index < -0.39 is 18.2 Å². The SMILES string of the molecule is C[C@@H]1[C@@H](O)[C@@H](CO)[C@H]2[C@@H]1C1(OCCO1)[C@@H]1OC[C@H]2O1. The lowest BCUT2D eigenvalue weighted by molar-refractivity contribution is -0.342. The van der Waals surface area contributed by atoms with Gasteiger partial charge in [-0.2, -0.15) is 0 Å². The van der Waals surface area contributed by atoms with E-state index in [9.17, 15) is 10.2 Å². The first-order valence-electron chi connectivity index (χ1n) is 7.03. The van der Waals surface area contributed by atoms with Crippen molar-refractivity contribution in [2.45, 2.75) is 31.2 Å². The molecule has 4 rings (SSSR count). The average Bonchev–Trinajstić information content (AvgIpc) is 3.07. The molecule has 0 aromatic carbocycles. The highest BCUT2D eigenvalue weighted by atomic mass is 16.8. The highest BCUT2D eigenvalue weighted by Crippen LogP contribution is 2.58. The highest BCUT2D eigenvalue weighted by Gasteiger charge is 2.70. The van der Waals surface area contributed by atoms with Gasteiger partial charge in [-0.1, -0.05) is 6.92 Å². The molecule has 6 nitrogen and oxygen atoms in total. The van der Waals surface area contributed by atoms with Crippen molar-refractivity contribution in [3.05, 3.63) is 0 Å². The van der Waals surface area contributed by atoms with Gasteiger partial charge in [0.1, 0.15) is 0 Å². The van der Waals surface area contributed by atoms with Crippen LogP contribution in [0.25, 0.3) is 0 Å². The molecule has 7 atom stereocenters. The Morgan fingerprint density at radius 1 is 1.26 bits per heavy atom. The van der Waals surface area contributed by atoms with Crippen LogP contribution < -0.4 is 0 Å². The van der Waals surface area contributed by atoms with Crippen LogP contribution >= 0.6 is 0 Å². The van der Waals surface area contributed by atoms with E-state index in [0.717, 1.165) is 0 Å². The summed E-state index contributed by atoms with van der Waals surface area (Å²) in [6.07, 6.45) is -1.13. The summed E-state index contributed by atoms with van der Waals surface area (Å²) in [5.74, 6) is -1.07. The van der Waals surface area contributed by atoms with Crippen LogP contribution in [0.2, 0.25) is 0 Å². The van der Waals surface area contributed by atoms with E-state index in [-0.39, 0.29) is 36.4 Å². The zero-order chi connectivity index (χ0) is 13.2. The third kappa shape index (κ3) is 1.42. The molecule has 2 N–H and O–H groups in total. The van der Waals surface area contributed by atoms with Crippen LogP contribution in [0.1, 0.15) is 6.92 Å². The third-order valence-corrected chi connectivity index (χ3v) is 5.34. The van der Waals surface area contributed by atoms with E-state index in [4.69, 9.17) is 18.9 Å². The summed E-state index contributed by atoms with van der Waals surface area (Å²) in [5.41, 5.74) is 0. The molecule has 0 aromatic heterocycles. The van der Waals surface area contributed by atoms with Crippen molar-refractivity contribution in [1.82, 2.24) is 0 Å². The molecule has 1 aliphatic carbocycles. The molecule has 3 aliphatic heterocycles. The van der Waals surface area contributed by atoms with Crippen molar-refractivity contribution < 1.29 is 29.2 Å². The Bertz CT molecular complexity index is 368. The smallest absolute Gasteiger partial charge is 0.224 e. The predicted octanol–water partition coefficient (Wildman–Crippen LogP) is -0.664. The van der Waals surface area contributed by atoms with Crippen LogP contribution in [-0.2, 0) is 18.9 Å². The molecule has 4 fully saturated rings. The predicted molar refractivity (Wildman–Crippen MR) is 62.0 cm³/mol. The second-order valence-electron chi connectivity index (χ2n) is 6.06. The minimum Gasteiger partial charge on any atom is -0.396 e. The van der Waals surface area contributed by atoms with Crippen LogP contribution in [0.15, 0.2) is 0 Å². The highest BCUT2D eigenvalue weighted by molar-refractivity contribution is 5.10. The normalized spacial score (nSPS) is 54.8. The molecule has 6 heteroatoms. The number of ether oxygens (including phenoxy) is 4. The van der Waals surface area contributed by atoms with E-state index >= 15 is 0 Å². The van der Waals surface area contributed by atoms with Crippen LogP contribution in [0.5, 0.6) is 0 Å². The summed E-state index contributed by atoms with van der Waals surface area (Å²) in [5, 5.41) is 20.0. The Balaban J connectivity index is 1.78. The van der Waals surface area contributed by atoms with E-state index in [0.29, 0.717) is 19.8 Å². The maximum Gasteiger partial charge on any atom is 0.224 e. The summed E-state index contributed by atoms with van der Waals surface area (Å²) in [6.45, 7) is 3.46. The summed E-state index contributed by atoms with van der Waals surface area (Å²) >= 11 is 0. The van der Waals surface area contributed by atoms with E-state index in [1.807, 2.05) is 6.92 Å². The standard InChI is InChI=1S/C13H20O6/c1-6-10-9(7(4-14)11(6)15)8-5-16-12(19-8)13(10)17-2-3-18-13/h6-12,14-15H,2-5H2,1H3/t6-,7-,8+,9+,10+,11+,12+/m0/s1. The number of aliphatic hydroxyl groups excluding tert-OH is 2. The quantitative estimate of drug-likeness (QED) is 0.659. The molecule has 1 spiro atoms. The van der Waals surface area contributed by atoms with Crippen molar-refractivity contribution in [2.75, 3.05) is 26.4 Å². The van der Waals surface area contributed by atoms with Gasteiger partial charge in [-0.05, 0) is 5.92 Å². The van der Waals surface area contributed by atoms with Gasteiger partial charge >= 0.3 is 0 Å². The number of aliphatic hydroxyl groups is 2. The summed E-state index contributed by atoms with van der Waals surface area (Å²) in [6, 6.07) is 0. The monoisotopic (exact) mass is 272 g/mol. The summed E-state index contributed by atoms with van der Waals surface area (Å²) in [4.78, 5) is 0. The Morgan fingerprint density at radius 2 is 2.00 bits per heavy atom. The lowest BCUT2D eigenvalue weighted by Gasteiger charge is -2.45. The van der Waals surface area contributed by atoms with E-state index in [1.165, 1.54) is 0 Å². The van der Waals surface area contributed by atoms with E-state index in [2.05, 4.69) is 0 Å². The number of rotatable bonds is 1. The van der Waals surface area contributed by atoms with Crippen molar-refractivity contribution in [3.63, 3.8) is 0 Å². The molecule has 3 heterocycles. The first-order valence-corrected chi connectivity index (χ1v) is 7.03. The Labute approximate surface area is 111 Å². The van der Waals surface area contributed by atoms with Crippen molar-refractivity contribution in [2.24, 2.45) is 23.7 Å². The van der Waals surface area contributed by atoms with Crippen molar-refractivity contribution in [3.8, 4) is 0 Å². The molecule has 0 unspecified atom stereocenters. The van der Waals surface area contributed by atoms with Crippen molar-refractivity contribution >= 4 is 0 Å². The van der Waals surface area contributed by atoms with Gasteiger partial charge in [-0.15, -0.1) is 0 Å². The molecule has 1 saturated carbocycles. The Kier molecular flexibility index (Phi) is 2.72. The zero-order valence-corrected chi connectivity index (χ0v) is 10.9. The first-order chi connectivity index (χ1) is 9.19. The molecule has 0 radical (unpaired) electrons. The summed E-state index contributed by atoms with van der Waals surface area (Å²) in [7, 11) is 0. The Morgan fingerprint density at radius 3 is 2.68 bits per heavy atom. The van der Waals surface area contributed by atoms with Gasteiger partial charge in [0.2, 0.25) is 12.1 Å². The van der Waals surface area contributed by atoms with Crippen LogP contribution in [0.4, 0.5) is 0 Å². The van der Waals surface area contributed by atoms with Gasteiger partial charge in [-0.25, -0.2) is 0 Å². The lowest BCUT2D eigenvalue weighted by atomic mass is 9.76. The molecule has 0 aromatic rings. The van der Waals surface area contributed by atoms with Gasteiger partial charge in [-0.3, -0.25) is 0 Å². The van der Waals surface area contributed by atoms with Gasteiger partial charge in [0.15, 0.2) is 0 Å². The molecular weight excluding hydrogens is 252 g/mol. The number of hydrogen-bond donors (Lipinski definition) is 2. The second-order valence-corrected chi connectivity index (χ2v) is 6.06. The van der Waals surface area contributed by atoms with Crippen molar-refractivity contribution in [1.29, 1.82) is 0 Å². The second kappa shape index (κ2) is 4.13. The van der Waals surface area contributed by atoms with Gasteiger partial charge in [0.25, 0.3) is 0 Å². The molecule has 108 valence electrons. The van der Waals surface area contributed by atoms with Gasteiger partial charge in [0, 0.05) is 24.4 Å². The van der Waals surface area contributed by atoms with E-state index in [1.54, 1.807) is 0 Å². The molecular formula is C13H20O6. The topological polar surface area (TPSA) is 77.4 Å². The Hall–Kier alpha value is -0.240. The van der Waals surface area contributed by atoms with Crippen LogP contribution in [0, 0.1) is 23.7 Å². The summed E-state index contributed by atoms with van der Waals surface area (Å²) < 4.78 is 23.3. The first kappa shape index (κ1) is 12.5. The molecule has 3 saturated heterocycles. The largest absolute Gasteiger partial charge is 0.396 e. The maximum atomic E-state index is 10.4. The number of hydrogen-bond acceptors (Lipinski definition) is 6.